The van der Waals surface area contributed by atoms with Gasteiger partial charge in [0.2, 0.25) is 0 Å². The Kier molecular flexibility index (Phi) is 4.71. The van der Waals surface area contributed by atoms with Gasteiger partial charge in [-0.25, -0.2) is 0 Å². The number of nitrogens with one attached hydrogen (secondary N) is 1. The van der Waals surface area contributed by atoms with Crippen LogP contribution in [0.5, 0.6) is 0 Å². The van der Waals surface area contributed by atoms with E-state index in [2.05, 4.69) is 16.4 Å². The molecule has 0 aliphatic rings. The van der Waals surface area contributed by atoms with Crippen LogP contribution in [-0.2, 0) is 0 Å². The number of unbranched alkanes of at least 4 members (excludes halogenated alkanes) is 2. The lowest BCUT2D eigenvalue weighted by molar-refractivity contribution is 0.283. The van der Waals surface area contributed by atoms with Crippen molar-refractivity contribution in [1.29, 1.82) is 5.26 Å². The van der Waals surface area contributed by atoms with E-state index in [4.69, 9.17) is 10.4 Å². The molecule has 0 amide bonds. The molecule has 98 valence electrons. The molecule has 0 saturated carbocycles. The minimum atomic E-state index is 0.238. The number of rotatable bonds is 6. The summed E-state index contributed by atoms with van der Waals surface area (Å²) in [5.74, 6) is 0. The summed E-state index contributed by atoms with van der Waals surface area (Å²) in [4.78, 5) is 4.27. The van der Waals surface area contributed by atoms with Crippen LogP contribution in [0.1, 0.15) is 24.8 Å². The number of nitrogens with zero attached hydrogens (tertiary/aromatic N) is 2. The fourth-order valence-electron chi connectivity index (χ4n) is 2.04. The van der Waals surface area contributed by atoms with Gasteiger partial charge < -0.3 is 10.4 Å². The van der Waals surface area contributed by atoms with E-state index in [9.17, 15) is 0 Å². The molecular weight excluding hydrogens is 238 g/mol. The molecule has 19 heavy (non-hydrogen) atoms. The molecule has 0 bridgehead atoms. The summed E-state index contributed by atoms with van der Waals surface area (Å²) in [6.45, 7) is 1.03. The van der Waals surface area contributed by atoms with Gasteiger partial charge >= 0.3 is 0 Å². The number of hydrogen-bond acceptors (Lipinski definition) is 4. The van der Waals surface area contributed by atoms with E-state index in [-0.39, 0.29) is 6.61 Å². The third-order valence-corrected chi connectivity index (χ3v) is 3.03. The second kappa shape index (κ2) is 6.72. The second-order valence-corrected chi connectivity index (χ2v) is 4.39. The fraction of sp³-hybridized carbons (Fsp3) is 0.333. The van der Waals surface area contributed by atoms with Crippen LogP contribution in [0.3, 0.4) is 0 Å². The monoisotopic (exact) mass is 255 g/mol. The number of nitriles is 1. The van der Waals surface area contributed by atoms with E-state index in [0.717, 1.165) is 42.4 Å². The molecule has 2 aromatic rings. The third kappa shape index (κ3) is 3.21. The standard InChI is InChI=1S/C15H17N3O/c16-10-12-11-18-14-7-3-2-6-13(14)15(12)17-8-4-1-5-9-19/h2-3,6-7,11,19H,1,4-5,8-9H2,(H,17,18). The van der Waals surface area contributed by atoms with Gasteiger partial charge in [-0.05, 0) is 25.3 Å². The van der Waals surface area contributed by atoms with Crippen LogP contribution >= 0.6 is 0 Å². The van der Waals surface area contributed by atoms with Crippen molar-refractivity contribution in [3.8, 4) is 6.07 Å². The predicted molar refractivity (Wildman–Crippen MR) is 75.9 cm³/mol. The quantitative estimate of drug-likeness (QED) is 0.779. The van der Waals surface area contributed by atoms with Crippen LogP contribution in [0.25, 0.3) is 10.9 Å². The van der Waals surface area contributed by atoms with Gasteiger partial charge in [-0.2, -0.15) is 5.26 Å². The zero-order valence-corrected chi connectivity index (χ0v) is 10.8. The predicted octanol–water partition coefficient (Wildman–Crippen LogP) is 2.68. The topological polar surface area (TPSA) is 68.9 Å². The lowest BCUT2D eigenvalue weighted by Crippen LogP contribution is -2.05. The lowest BCUT2D eigenvalue weighted by atomic mass is 10.1. The number of benzene rings is 1. The molecule has 4 heteroatoms. The molecule has 0 unspecified atom stereocenters. The molecule has 0 saturated heterocycles. The molecule has 4 nitrogen and oxygen atoms in total. The highest BCUT2D eigenvalue weighted by atomic mass is 16.2. The molecule has 1 heterocycles. The first-order valence-corrected chi connectivity index (χ1v) is 6.49. The maximum Gasteiger partial charge on any atom is 0.103 e. The van der Waals surface area contributed by atoms with Gasteiger partial charge in [0.1, 0.15) is 6.07 Å². The summed E-state index contributed by atoms with van der Waals surface area (Å²) >= 11 is 0. The fourth-order valence-corrected chi connectivity index (χ4v) is 2.04. The highest BCUT2D eigenvalue weighted by Crippen LogP contribution is 2.25. The van der Waals surface area contributed by atoms with Crippen molar-refractivity contribution < 1.29 is 5.11 Å². The Hall–Kier alpha value is -2.12. The van der Waals surface area contributed by atoms with E-state index in [1.807, 2.05) is 24.3 Å². The van der Waals surface area contributed by atoms with E-state index >= 15 is 0 Å². The number of fused-ring (bicyclic) bond motifs is 1. The summed E-state index contributed by atoms with van der Waals surface area (Å²) < 4.78 is 0. The van der Waals surface area contributed by atoms with Crippen molar-refractivity contribution in [3.63, 3.8) is 0 Å². The lowest BCUT2D eigenvalue weighted by Gasteiger charge is -2.11. The van der Waals surface area contributed by atoms with Crippen LogP contribution < -0.4 is 5.32 Å². The Morgan fingerprint density at radius 3 is 2.84 bits per heavy atom. The molecule has 2 N–H and O–H groups in total. The molecule has 0 atom stereocenters. The average molecular weight is 255 g/mol. The molecule has 0 spiro atoms. The van der Waals surface area contributed by atoms with Crippen molar-refractivity contribution in [1.82, 2.24) is 4.98 Å². The molecular formula is C15H17N3O. The van der Waals surface area contributed by atoms with Crippen molar-refractivity contribution in [2.45, 2.75) is 19.3 Å². The molecule has 1 aromatic heterocycles. The minimum Gasteiger partial charge on any atom is -0.396 e. The Morgan fingerprint density at radius 1 is 1.21 bits per heavy atom. The normalized spacial score (nSPS) is 10.3. The van der Waals surface area contributed by atoms with E-state index < -0.39 is 0 Å². The largest absolute Gasteiger partial charge is 0.396 e. The Morgan fingerprint density at radius 2 is 2.05 bits per heavy atom. The molecule has 0 radical (unpaired) electrons. The van der Waals surface area contributed by atoms with Crippen molar-refractivity contribution in [3.05, 3.63) is 36.0 Å². The summed E-state index contributed by atoms with van der Waals surface area (Å²) in [5, 5.41) is 22.2. The first kappa shape index (κ1) is 13.3. The number of aliphatic hydroxyl groups is 1. The maximum atomic E-state index is 9.16. The number of anilines is 1. The van der Waals surface area contributed by atoms with Gasteiger partial charge in [0.15, 0.2) is 0 Å². The molecule has 0 fully saturated rings. The number of para-hydroxylation sites is 1. The number of hydrogen-bond donors (Lipinski definition) is 2. The third-order valence-electron chi connectivity index (χ3n) is 3.03. The number of aliphatic hydroxyl groups excluding tert-OH is 1. The van der Waals surface area contributed by atoms with E-state index in [1.54, 1.807) is 6.20 Å². The smallest absolute Gasteiger partial charge is 0.103 e. The van der Waals surface area contributed by atoms with Crippen LogP contribution in [0.15, 0.2) is 30.5 Å². The first-order chi connectivity index (χ1) is 9.36. The Labute approximate surface area is 112 Å². The molecule has 0 aliphatic carbocycles. The summed E-state index contributed by atoms with van der Waals surface area (Å²) in [6.07, 6.45) is 4.39. The maximum absolute atomic E-state index is 9.16. The SMILES string of the molecule is N#Cc1cnc2ccccc2c1NCCCCCO. The van der Waals surface area contributed by atoms with Crippen LogP contribution in [0.2, 0.25) is 0 Å². The number of aromatic nitrogens is 1. The van der Waals surface area contributed by atoms with Gasteiger partial charge in [0, 0.05) is 24.7 Å². The average Bonchev–Trinajstić information content (AvgIpc) is 2.47. The van der Waals surface area contributed by atoms with Gasteiger partial charge in [0.25, 0.3) is 0 Å². The summed E-state index contributed by atoms with van der Waals surface area (Å²) in [6, 6.07) is 9.97. The Bertz CT molecular complexity index is 589. The zero-order chi connectivity index (χ0) is 13.5. The second-order valence-electron chi connectivity index (χ2n) is 4.39. The van der Waals surface area contributed by atoms with Crippen molar-refractivity contribution >= 4 is 16.6 Å². The van der Waals surface area contributed by atoms with Gasteiger partial charge in [-0.3, -0.25) is 4.98 Å². The van der Waals surface area contributed by atoms with E-state index in [1.165, 1.54) is 0 Å². The number of pyridine rings is 1. The molecule has 1 aromatic carbocycles. The minimum absolute atomic E-state index is 0.238. The van der Waals surface area contributed by atoms with Gasteiger partial charge in [0.05, 0.1) is 16.8 Å². The first-order valence-electron chi connectivity index (χ1n) is 6.49. The highest BCUT2D eigenvalue weighted by Gasteiger charge is 2.07. The Balaban J connectivity index is 2.17. The summed E-state index contributed by atoms with van der Waals surface area (Å²) in [5.41, 5.74) is 2.32. The summed E-state index contributed by atoms with van der Waals surface area (Å²) in [7, 11) is 0. The van der Waals surface area contributed by atoms with Crippen LogP contribution in [0.4, 0.5) is 5.69 Å². The molecule has 0 aliphatic heterocycles. The van der Waals surface area contributed by atoms with Crippen LogP contribution in [-0.4, -0.2) is 23.2 Å². The van der Waals surface area contributed by atoms with Crippen LogP contribution in [0, 0.1) is 11.3 Å². The van der Waals surface area contributed by atoms with Crippen molar-refractivity contribution in [2.24, 2.45) is 0 Å². The van der Waals surface area contributed by atoms with Gasteiger partial charge in [-0.15, -0.1) is 0 Å². The highest BCUT2D eigenvalue weighted by molar-refractivity contribution is 5.93. The van der Waals surface area contributed by atoms with E-state index in [0.29, 0.717) is 5.56 Å². The molecule has 2 rings (SSSR count). The zero-order valence-electron chi connectivity index (χ0n) is 10.8. The van der Waals surface area contributed by atoms with Crippen molar-refractivity contribution in [2.75, 3.05) is 18.5 Å². The van der Waals surface area contributed by atoms with Gasteiger partial charge in [-0.1, -0.05) is 18.2 Å².